The highest BCUT2D eigenvalue weighted by Gasteiger charge is 2.12. The van der Waals surface area contributed by atoms with Gasteiger partial charge in [0, 0.05) is 17.5 Å². The van der Waals surface area contributed by atoms with Gasteiger partial charge in [-0.1, -0.05) is 12.2 Å². The normalized spacial score (nSPS) is 23.8. The van der Waals surface area contributed by atoms with Crippen molar-refractivity contribution in [3.63, 3.8) is 0 Å². The van der Waals surface area contributed by atoms with Crippen molar-refractivity contribution in [1.82, 2.24) is 4.98 Å². The lowest BCUT2D eigenvalue weighted by molar-refractivity contribution is 0.651. The number of hydrogen-bond donors (Lipinski definition) is 0. The van der Waals surface area contributed by atoms with Gasteiger partial charge in [0.2, 0.25) is 0 Å². The summed E-state index contributed by atoms with van der Waals surface area (Å²) >= 11 is 1.77. The van der Waals surface area contributed by atoms with Crippen LogP contribution in [0, 0.1) is 0 Å². The Morgan fingerprint density at radius 3 is 3.18 bits per heavy atom. The summed E-state index contributed by atoms with van der Waals surface area (Å²) in [5.74, 6) is 0.615. The summed E-state index contributed by atoms with van der Waals surface area (Å²) in [6.45, 7) is 0. The molecular formula is C9H11NS. The molecule has 0 fully saturated rings. The van der Waals surface area contributed by atoms with Gasteiger partial charge in [-0.25, -0.2) is 4.98 Å². The van der Waals surface area contributed by atoms with Crippen LogP contribution in [-0.4, -0.2) is 4.98 Å². The van der Waals surface area contributed by atoms with E-state index in [2.05, 4.69) is 22.5 Å². The van der Waals surface area contributed by atoms with Gasteiger partial charge in [-0.05, 0) is 19.3 Å². The van der Waals surface area contributed by atoms with Crippen LogP contribution in [0.15, 0.2) is 23.7 Å². The van der Waals surface area contributed by atoms with Gasteiger partial charge >= 0.3 is 0 Å². The molecule has 0 saturated carbocycles. The van der Waals surface area contributed by atoms with E-state index >= 15 is 0 Å². The van der Waals surface area contributed by atoms with Gasteiger partial charge in [0.1, 0.15) is 0 Å². The van der Waals surface area contributed by atoms with Gasteiger partial charge in [-0.3, -0.25) is 0 Å². The Morgan fingerprint density at radius 1 is 1.55 bits per heavy atom. The van der Waals surface area contributed by atoms with Crippen LogP contribution in [0.25, 0.3) is 0 Å². The van der Waals surface area contributed by atoms with E-state index < -0.39 is 0 Å². The molecule has 0 amide bonds. The third-order valence-electron chi connectivity index (χ3n) is 2.02. The summed E-state index contributed by atoms with van der Waals surface area (Å²) in [6, 6.07) is 0. The van der Waals surface area contributed by atoms with Crippen LogP contribution in [0.3, 0.4) is 0 Å². The summed E-state index contributed by atoms with van der Waals surface area (Å²) in [7, 11) is 0. The zero-order chi connectivity index (χ0) is 7.52. The van der Waals surface area contributed by atoms with E-state index in [-0.39, 0.29) is 0 Å². The lowest BCUT2D eigenvalue weighted by atomic mass is 9.97. The first-order chi connectivity index (χ1) is 5.47. The SMILES string of the molecule is C1=CC(c2nccs2)CCC1. The highest BCUT2D eigenvalue weighted by atomic mass is 32.1. The molecule has 0 saturated heterocycles. The van der Waals surface area contributed by atoms with Crippen LogP contribution < -0.4 is 0 Å². The summed E-state index contributed by atoms with van der Waals surface area (Å²) < 4.78 is 0. The molecule has 0 radical (unpaired) electrons. The minimum atomic E-state index is 0.615. The molecule has 1 aromatic heterocycles. The Hall–Kier alpha value is -0.630. The minimum Gasteiger partial charge on any atom is -0.249 e. The van der Waals surface area contributed by atoms with Crippen LogP contribution in [0.2, 0.25) is 0 Å². The fourth-order valence-corrected chi connectivity index (χ4v) is 2.19. The maximum absolute atomic E-state index is 4.31. The zero-order valence-electron chi connectivity index (χ0n) is 6.36. The Kier molecular flexibility index (Phi) is 2.04. The number of nitrogens with zero attached hydrogens (tertiary/aromatic N) is 1. The first kappa shape index (κ1) is 7.04. The molecule has 0 spiro atoms. The Bertz CT molecular complexity index is 238. The molecule has 1 aliphatic carbocycles. The number of rotatable bonds is 1. The first-order valence-corrected chi connectivity index (χ1v) is 4.91. The van der Waals surface area contributed by atoms with E-state index in [1.54, 1.807) is 11.3 Å². The number of allylic oxidation sites excluding steroid dienone is 2. The predicted octanol–water partition coefficient (Wildman–Crippen LogP) is 2.97. The molecular weight excluding hydrogens is 154 g/mol. The molecule has 0 aliphatic heterocycles. The third-order valence-corrected chi connectivity index (χ3v) is 2.93. The van der Waals surface area contributed by atoms with Gasteiger partial charge in [-0.2, -0.15) is 0 Å². The summed E-state index contributed by atoms with van der Waals surface area (Å²) in [6.07, 6.45) is 10.3. The van der Waals surface area contributed by atoms with Gasteiger partial charge in [0.25, 0.3) is 0 Å². The molecule has 0 N–H and O–H groups in total. The molecule has 1 unspecified atom stereocenters. The molecule has 0 aromatic carbocycles. The number of hydrogen-bond acceptors (Lipinski definition) is 2. The lowest BCUT2D eigenvalue weighted by Gasteiger charge is -2.12. The fraction of sp³-hybridized carbons (Fsp3) is 0.444. The highest BCUT2D eigenvalue weighted by molar-refractivity contribution is 7.09. The van der Waals surface area contributed by atoms with Gasteiger partial charge < -0.3 is 0 Å². The van der Waals surface area contributed by atoms with E-state index in [4.69, 9.17) is 0 Å². The zero-order valence-corrected chi connectivity index (χ0v) is 7.18. The average Bonchev–Trinajstić information content (AvgIpc) is 2.58. The molecule has 1 heterocycles. The molecule has 58 valence electrons. The van der Waals surface area contributed by atoms with Crippen molar-refractivity contribution in [2.75, 3.05) is 0 Å². The Balaban J connectivity index is 2.16. The Morgan fingerprint density at radius 2 is 2.55 bits per heavy atom. The molecule has 1 aromatic rings. The van der Waals surface area contributed by atoms with Crippen molar-refractivity contribution in [2.24, 2.45) is 0 Å². The van der Waals surface area contributed by atoms with Crippen molar-refractivity contribution in [3.05, 3.63) is 28.7 Å². The van der Waals surface area contributed by atoms with Gasteiger partial charge in [0.15, 0.2) is 0 Å². The average molecular weight is 165 g/mol. The maximum Gasteiger partial charge on any atom is 0.0993 e. The molecule has 0 bridgehead atoms. The van der Waals surface area contributed by atoms with Crippen LogP contribution in [0.4, 0.5) is 0 Å². The van der Waals surface area contributed by atoms with Crippen LogP contribution >= 0.6 is 11.3 Å². The van der Waals surface area contributed by atoms with Crippen LogP contribution in [-0.2, 0) is 0 Å². The minimum absolute atomic E-state index is 0.615. The second-order valence-electron chi connectivity index (χ2n) is 2.84. The van der Waals surface area contributed by atoms with Crippen molar-refractivity contribution in [3.8, 4) is 0 Å². The maximum atomic E-state index is 4.31. The van der Waals surface area contributed by atoms with Crippen LogP contribution in [0.5, 0.6) is 0 Å². The molecule has 2 heteroatoms. The summed E-state index contributed by atoms with van der Waals surface area (Å²) in [4.78, 5) is 4.31. The molecule has 1 aliphatic rings. The first-order valence-electron chi connectivity index (χ1n) is 4.03. The Labute approximate surface area is 70.8 Å². The quantitative estimate of drug-likeness (QED) is 0.583. The second kappa shape index (κ2) is 3.18. The molecule has 2 rings (SSSR count). The van der Waals surface area contributed by atoms with Crippen molar-refractivity contribution in [2.45, 2.75) is 25.2 Å². The molecule has 1 nitrogen and oxygen atoms in total. The van der Waals surface area contributed by atoms with E-state index in [0.717, 1.165) is 0 Å². The summed E-state index contributed by atoms with van der Waals surface area (Å²) in [5.41, 5.74) is 0. The largest absolute Gasteiger partial charge is 0.249 e. The standard InChI is InChI=1S/C9H11NS/c1-2-4-8(5-3-1)9-10-6-7-11-9/h2,4,6-8H,1,3,5H2. The topological polar surface area (TPSA) is 12.9 Å². The third kappa shape index (κ3) is 1.51. The van der Waals surface area contributed by atoms with Crippen molar-refractivity contribution >= 4 is 11.3 Å². The van der Waals surface area contributed by atoms with Crippen LogP contribution in [0.1, 0.15) is 30.2 Å². The van der Waals surface area contributed by atoms with Gasteiger partial charge in [0.05, 0.1) is 5.01 Å². The van der Waals surface area contributed by atoms with Crippen molar-refractivity contribution in [1.29, 1.82) is 0 Å². The highest BCUT2D eigenvalue weighted by Crippen LogP contribution is 2.28. The molecule has 1 atom stereocenters. The van der Waals surface area contributed by atoms with E-state index in [9.17, 15) is 0 Å². The summed E-state index contributed by atoms with van der Waals surface area (Å²) in [5, 5.41) is 3.33. The van der Waals surface area contributed by atoms with Crippen molar-refractivity contribution < 1.29 is 0 Å². The monoisotopic (exact) mass is 165 g/mol. The predicted molar refractivity (Wildman–Crippen MR) is 47.8 cm³/mol. The number of aromatic nitrogens is 1. The van der Waals surface area contributed by atoms with E-state index in [1.165, 1.54) is 24.3 Å². The lowest BCUT2D eigenvalue weighted by Crippen LogP contribution is -1.97. The smallest absolute Gasteiger partial charge is 0.0993 e. The van der Waals surface area contributed by atoms with E-state index in [1.807, 2.05) is 6.20 Å². The van der Waals surface area contributed by atoms with Gasteiger partial charge in [-0.15, -0.1) is 11.3 Å². The fourth-order valence-electron chi connectivity index (χ4n) is 1.44. The van der Waals surface area contributed by atoms with E-state index in [0.29, 0.717) is 5.92 Å². The second-order valence-corrected chi connectivity index (χ2v) is 3.76. The number of thiazole rings is 1. The molecule has 11 heavy (non-hydrogen) atoms.